The van der Waals surface area contributed by atoms with Gasteiger partial charge in [-0.15, -0.1) is 0 Å². The van der Waals surface area contributed by atoms with Gasteiger partial charge in [-0.25, -0.2) is 0 Å². The summed E-state index contributed by atoms with van der Waals surface area (Å²) in [5.41, 5.74) is 2.41. The second-order valence-corrected chi connectivity index (χ2v) is 7.39. The third-order valence-electron chi connectivity index (χ3n) is 4.43. The Morgan fingerprint density at radius 2 is 1.86 bits per heavy atom. The molecule has 4 heteroatoms. The predicted octanol–water partition coefficient (Wildman–Crippen LogP) is 2.78. The second-order valence-electron chi connectivity index (χ2n) is 6.54. The molecule has 1 N–H and O–H groups in total. The molecule has 2 rings (SSSR count). The second kappa shape index (κ2) is 8.90. The molecular formula is C18H29BrNO2+. The van der Waals surface area contributed by atoms with Gasteiger partial charge in [0.15, 0.2) is 0 Å². The fraction of sp³-hybridized carbons (Fsp3) is 0.667. The lowest BCUT2D eigenvalue weighted by Crippen LogP contribution is -3.13. The molecule has 0 bridgehead atoms. The van der Waals surface area contributed by atoms with Crippen molar-refractivity contribution in [2.75, 3.05) is 39.5 Å². The highest BCUT2D eigenvalue weighted by Crippen LogP contribution is 2.29. The van der Waals surface area contributed by atoms with Crippen LogP contribution in [0.25, 0.3) is 0 Å². The Morgan fingerprint density at radius 3 is 2.55 bits per heavy atom. The smallest absolute Gasteiger partial charge is 0.136 e. The first-order valence-electron chi connectivity index (χ1n) is 8.37. The minimum Gasteiger partial charge on any atom is -0.490 e. The van der Waals surface area contributed by atoms with E-state index < -0.39 is 0 Å². The highest BCUT2D eigenvalue weighted by molar-refractivity contribution is 9.10. The van der Waals surface area contributed by atoms with E-state index in [1.54, 1.807) is 4.90 Å². The zero-order chi connectivity index (χ0) is 15.9. The van der Waals surface area contributed by atoms with Crippen molar-refractivity contribution in [1.82, 2.24) is 0 Å². The standard InChI is InChI=1S/C18H28BrNO2/c1-14-4-6-20(7-5-14)8-9-21-10-11-22-18-16(3)12-15(2)13-17(18)19/h12-14H,4-11H2,1-3H3/p+1. The molecule has 0 atom stereocenters. The Morgan fingerprint density at radius 1 is 1.14 bits per heavy atom. The quantitative estimate of drug-likeness (QED) is 0.745. The molecule has 1 aliphatic heterocycles. The lowest BCUT2D eigenvalue weighted by Gasteiger charge is -2.27. The van der Waals surface area contributed by atoms with Crippen molar-refractivity contribution in [1.29, 1.82) is 0 Å². The average molecular weight is 371 g/mol. The highest BCUT2D eigenvalue weighted by atomic mass is 79.9. The van der Waals surface area contributed by atoms with E-state index in [-0.39, 0.29) is 0 Å². The van der Waals surface area contributed by atoms with Crippen molar-refractivity contribution < 1.29 is 14.4 Å². The van der Waals surface area contributed by atoms with E-state index in [1.807, 2.05) is 0 Å². The van der Waals surface area contributed by atoms with Crippen LogP contribution in [0.3, 0.4) is 0 Å². The Balaban J connectivity index is 1.60. The van der Waals surface area contributed by atoms with Gasteiger partial charge in [0.1, 0.15) is 18.9 Å². The SMILES string of the molecule is Cc1cc(C)c(OCCOCC[NH+]2CCC(C)CC2)c(Br)c1. The topological polar surface area (TPSA) is 22.9 Å². The fourth-order valence-corrected chi connectivity index (χ4v) is 3.82. The number of nitrogens with one attached hydrogen (secondary N) is 1. The van der Waals surface area contributed by atoms with Gasteiger partial charge in [-0.05, 0) is 65.7 Å². The van der Waals surface area contributed by atoms with Crippen molar-refractivity contribution in [2.45, 2.75) is 33.6 Å². The Bertz CT molecular complexity index is 447. The maximum Gasteiger partial charge on any atom is 0.136 e. The van der Waals surface area contributed by atoms with E-state index >= 15 is 0 Å². The number of aryl methyl sites for hydroxylation is 2. The molecule has 0 aromatic heterocycles. The van der Waals surface area contributed by atoms with E-state index in [0.29, 0.717) is 13.2 Å². The monoisotopic (exact) mass is 370 g/mol. The van der Waals surface area contributed by atoms with Gasteiger partial charge in [0.25, 0.3) is 0 Å². The normalized spacial score (nSPS) is 21.8. The van der Waals surface area contributed by atoms with Gasteiger partial charge in [-0.3, -0.25) is 0 Å². The Kier molecular flexibility index (Phi) is 7.19. The number of rotatable bonds is 7. The van der Waals surface area contributed by atoms with Crippen LogP contribution in [0.5, 0.6) is 5.75 Å². The number of benzene rings is 1. The largest absolute Gasteiger partial charge is 0.490 e. The van der Waals surface area contributed by atoms with Gasteiger partial charge in [0.2, 0.25) is 0 Å². The van der Waals surface area contributed by atoms with E-state index in [4.69, 9.17) is 9.47 Å². The Labute approximate surface area is 143 Å². The molecular weight excluding hydrogens is 342 g/mol. The molecule has 1 heterocycles. The third-order valence-corrected chi connectivity index (χ3v) is 5.02. The van der Waals surface area contributed by atoms with Crippen molar-refractivity contribution in [3.05, 3.63) is 27.7 Å². The lowest BCUT2D eigenvalue weighted by molar-refractivity contribution is -0.906. The van der Waals surface area contributed by atoms with Crippen molar-refractivity contribution >= 4 is 15.9 Å². The first kappa shape index (κ1) is 17.8. The van der Waals surface area contributed by atoms with E-state index in [9.17, 15) is 0 Å². The van der Waals surface area contributed by atoms with Crippen molar-refractivity contribution in [3.63, 3.8) is 0 Å². The zero-order valence-electron chi connectivity index (χ0n) is 14.1. The van der Waals surface area contributed by atoms with Crippen LogP contribution in [0, 0.1) is 19.8 Å². The van der Waals surface area contributed by atoms with Crippen LogP contribution in [-0.2, 0) is 4.74 Å². The first-order chi connectivity index (χ1) is 10.6. The minimum atomic E-state index is 0.606. The summed E-state index contributed by atoms with van der Waals surface area (Å²) in [6.07, 6.45) is 2.72. The van der Waals surface area contributed by atoms with Gasteiger partial charge in [-0.1, -0.05) is 13.0 Å². The number of hydrogen-bond donors (Lipinski definition) is 1. The predicted molar refractivity (Wildman–Crippen MR) is 93.9 cm³/mol. The molecule has 0 aliphatic carbocycles. The molecule has 0 radical (unpaired) electrons. The number of ether oxygens (including phenoxy) is 2. The molecule has 0 saturated carbocycles. The summed E-state index contributed by atoms with van der Waals surface area (Å²) < 4.78 is 12.6. The number of halogens is 1. The average Bonchev–Trinajstić information content (AvgIpc) is 2.46. The highest BCUT2D eigenvalue weighted by Gasteiger charge is 2.18. The minimum absolute atomic E-state index is 0.606. The summed E-state index contributed by atoms with van der Waals surface area (Å²) in [6, 6.07) is 4.23. The molecule has 3 nitrogen and oxygen atoms in total. The van der Waals surface area contributed by atoms with Crippen LogP contribution < -0.4 is 9.64 Å². The van der Waals surface area contributed by atoms with Gasteiger partial charge >= 0.3 is 0 Å². The summed E-state index contributed by atoms with van der Waals surface area (Å²) in [5.74, 6) is 1.85. The van der Waals surface area contributed by atoms with Gasteiger partial charge in [0.05, 0.1) is 30.8 Å². The summed E-state index contributed by atoms with van der Waals surface area (Å²) in [4.78, 5) is 1.69. The molecule has 124 valence electrons. The molecule has 22 heavy (non-hydrogen) atoms. The van der Waals surface area contributed by atoms with Crippen LogP contribution in [0.15, 0.2) is 16.6 Å². The van der Waals surface area contributed by atoms with Crippen molar-refractivity contribution in [2.24, 2.45) is 5.92 Å². The van der Waals surface area contributed by atoms with Gasteiger partial charge in [-0.2, -0.15) is 0 Å². The molecule has 0 spiro atoms. The molecule has 0 unspecified atom stereocenters. The maximum atomic E-state index is 5.85. The number of likely N-dealkylation sites (tertiary alicyclic amines) is 1. The number of piperidine rings is 1. The molecule has 1 aromatic rings. The first-order valence-corrected chi connectivity index (χ1v) is 9.16. The number of hydrogen-bond acceptors (Lipinski definition) is 2. The molecule has 1 aromatic carbocycles. The van der Waals surface area contributed by atoms with Crippen LogP contribution in [0.2, 0.25) is 0 Å². The maximum absolute atomic E-state index is 5.85. The molecule has 1 fully saturated rings. The van der Waals surface area contributed by atoms with Gasteiger partial charge < -0.3 is 14.4 Å². The molecule has 1 saturated heterocycles. The Hall–Kier alpha value is -0.580. The fourth-order valence-electron chi connectivity index (χ4n) is 3.03. The lowest BCUT2D eigenvalue weighted by atomic mass is 9.99. The van der Waals surface area contributed by atoms with Gasteiger partial charge in [0, 0.05) is 0 Å². The van der Waals surface area contributed by atoms with Crippen LogP contribution in [0.1, 0.15) is 30.9 Å². The zero-order valence-corrected chi connectivity index (χ0v) is 15.7. The number of quaternary nitrogens is 1. The summed E-state index contributed by atoms with van der Waals surface area (Å²) in [6.45, 7) is 12.4. The summed E-state index contributed by atoms with van der Waals surface area (Å²) in [7, 11) is 0. The van der Waals surface area contributed by atoms with E-state index in [1.165, 1.54) is 37.1 Å². The summed E-state index contributed by atoms with van der Waals surface area (Å²) >= 11 is 3.57. The van der Waals surface area contributed by atoms with Crippen LogP contribution in [0.4, 0.5) is 0 Å². The van der Waals surface area contributed by atoms with E-state index in [2.05, 4.69) is 48.8 Å². The molecule has 0 amide bonds. The van der Waals surface area contributed by atoms with Crippen molar-refractivity contribution in [3.8, 4) is 5.75 Å². The van der Waals surface area contributed by atoms with Crippen LogP contribution >= 0.6 is 15.9 Å². The summed E-state index contributed by atoms with van der Waals surface area (Å²) in [5, 5.41) is 0. The van der Waals surface area contributed by atoms with Crippen LogP contribution in [-0.4, -0.2) is 39.5 Å². The third kappa shape index (κ3) is 5.56. The molecule has 1 aliphatic rings. The van der Waals surface area contributed by atoms with E-state index in [0.717, 1.165) is 29.3 Å².